The maximum Gasteiger partial charge on any atom is 0.169 e. The van der Waals surface area contributed by atoms with E-state index in [9.17, 15) is 8.42 Å². The molecule has 0 N–H and O–H groups in total. The smallest absolute Gasteiger partial charge is 0.169 e. The first-order valence-corrected chi connectivity index (χ1v) is 4.58. The summed E-state index contributed by atoms with van der Waals surface area (Å²) in [5, 5.41) is 0. The Kier molecular flexibility index (Phi) is 2.45. The van der Waals surface area contributed by atoms with Crippen LogP contribution < -0.4 is 0 Å². The van der Waals surface area contributed by atoms with E-state index in [0.717, 1.165) is 0 Å². The first-order chi connectivity index (χ1) is 4.72. The summed E-state index contributed by atoms with van der Waals surface area (Å²) in [6.45, 7) is 0. The molecule has 0 heterocycles. The van der Waals surface area contributed by atoms with Crippen LogP contribution in [-0.2, 0) is 10.7 Å². The molecule has 2 nitrogen and oxygen atoms in total. The average Bonchev–Trinajstić information content (AvgIpc) is 1.88. The van der Waals surface area contributed by atoms with Gasteiger partial charge in [0.05, 0.1) is 4.90 Å². The molecule has 0 saturated heterocycles. The minimum Gasteiger partial charge on any atom is -0.227 e. The molecule has 4 heteroatoms. The Hall–Kier alpha value is -0.350. The highest BCUT2D eigenvalue weighted by Gasteiger charge is 1.97. The number of hydrogen-bond donors (Lipinski definition) is 1. The molecule has 54 valence electrons. The Labute approximate surface area is 69.0 Å². The van der Waals surface area contributed by atoms with E-state index < -0.39 is 10.7 Å². The first-order valence-electron chi connectivity index (χ1n) is 2.61. The summed E-state index contributed by atoms with van der Waals surface area (Å²) in [6.07, 6.45) is 0. The Morgan fingerprint density at radius 2 is 1.80 bits per heavy atom. The van der Waals surface area contributed by atoms with Crippen molar-refractivity contribution in [1.29, 1.82) is 0 Å². The summed E-state index contributed by atoms with van der Waals surface area (Å²) in [5.74, 6) is 0. The molecular weight excluding hydrogens is 216 g/mol. The van der Waals surface area contributed by atoms with E-state index in [-0.39, 0.29) is 0 Å². The number of benzene rings is 1. The van der Waals surface area contributed by atoms with Gasteiger partial charge in [0, 0.05) is 4.47 Å². The van der Waals surface area contributed by atoms with Crippen LogP contribution in [0, 0.1) is 0 Å². The minimum absolute atomic E-state index is 0.331. The monoisotopic (exact) mass is 220 g/mol. The van der Waals surface area contributed by atoms with E-state index in [1.165, 1.54) is 0 Å². The van der Waals surface area contributed by atoms with E-state index >= 15 is 0 Å². The molecule has 0 unspecified atom stereocenters. The molecule has 0 fully saturated rings. The van der Waals surface area contributed by atoms with Crippen LogP contribution in [0.1, 0.15) is 0 Å². The van der Waals surface area contributed by atoms with Crippen LogP contribution in [0.4, 0.5) is 0 Å². The summed E-state index contributed by atoms with van der Waals surface area (Å²) in [7, 11) is -2.46. The molecule has 0 saturated carbocycles. The van der Waals surface area contributed by atoms with Crippen molar-refractivity contribution in [2.24, 2.45) is 0 Å². The standard InChI is InChI=1S/C6H5BrO2S/c7-5-3-1-2-4-6(5)10(8)9/h1-4,10H. The molecule has 1 rings (SSSR count). The van der Waals surface area contributed by atoms with Gasteiger partial charge in [0.25, 0.3) is 0 Å². The van der Waals surface area contributed by atoms with Crippen LogP contribution in [0.25, 0.3) is 0 Å². The van der Waals surface area contributed by atoms with Crippen molar-refractivity contribution in [3.63, 3.8) is 0 Å². The highest BCUT2D eigenvalue weighted by Crippen LogP contribution is 2.16. The first kappa shape index (κ1) is 7.75. The lowest BCUT2D eigenvalue weighted by Gasteiger charge is -1.91. The second kappa shape index (κ2) is 3.16. The highest BCUT2D eigenvalue weighted by atomic mass is 79.9. The number of hydrogen-bond acceptors (Lipinski definition) is 2. The van der Waals surface area contributed by atoms with E-state index in [1.807, 2.05) is 0 Å². The van der Waals surface area contributed by atoms with Crippen molar-refractivity contribution >= 4 is 26.6 Å². The van der Waals surface area contributed by atoms with Gasteiger partial charge in [-0.15, -0.1) is 0 Å². The molecule has 0 aliphatic heterocycles. The molecule has 0 atom stereocenters. The summed E-state index contributed by atoms with van der Waals surface area (Å²) in [5.41, 5.74) is 0. The second-order valence-corrected chi connectivity index (χ2v) is 3.56. The third-order valence-electron chi connectivity index (χ3n) is 1.05. The van der Waals surface area contributed by atoms with Crippen molar-refractivity contribution in [1.82, 2.24) is 0 Å². The van der Waals surface area contributed by atoms with Crippen LogP contribution in [-0.4, -0.2) is 8.42 Å². The third-order valence-corrected chi connectivity index (χ3v) is 2.83. The topological polar surface area (TPSA) is 34.1 Å². The van der Waals surface area contributed by atoms with Crippen LogP contribution in [0.5, 0.6) is 0 Å². The molecule has 0 aromatic heterocycles. The summed E-state index contributed by atoms with van der Waals surface area (Å²) in [4.78, 5) is 0.331. The third kappa shape index (κ3) is 1.58. The molecule has 0 aliphatic rings. The van der Waals surface area contributed by atoms with E-state index in [0.29, 0.717) is 9.37 Å². The van der Waals surface area contributed by atoms with Gasteiger partial charge in [-0.25, -0.2) is 8.42 Å². The van der Waals surface area contributed by atoms with Crippen molar-refractivity contribution in [3.05, 3.63) is 28.7 Å². The largest absolute Gasteiger partial charge is 0.227 e. The van der Waals surface area contributed by atoms with Gasteiger partial charge in [0.1, 0.15) is 0 Å². The fourth-order valence-electron chi connectivity index (χ4n) is 0.600. The van der Waals surface area contributed by atoms with Gasteiger partial charge < -0.3 is 0 Å². The predicted octanol–water partition coefficient (Wildman–Crippen LogP) is 1.42. The molecular formula is C6H5BrO2S. The molecule has 1 aromatic carbocycles. The maximum atomic E-state index is 10.4. The zero-order valence-corrected chi connectivity index (χ0v) is 7.43. The van der Waals surface area contributed by atoms with E-state index in [1.54, 1.807) is 24.3 Å². The van der Waals surface area contributed by atoms with Crippen molar-refractivity contribution in [3.8, 4) is 0 Å². The maximum absolute atomic E-state index is 10.4. The molecule has 0 bridgehead atoms. The number of rotatable bonds is 1. The van der Waals surface area contributed by atoms with Crippen LogP contribution in [0.3, 0.4) is 0 Å². The summed E-state index contributed by atoms with van der Waals surface area (Å²) < 4.78 is 21.5. The summed E-state index contributed by atoms with van der Waals surface area (Å²) >= 11 is 3.11. The molecule has 1 aromatic rings. The lowest BCUT2D eigenvalue weighted by Crippen LogP contribution is -1.79. The van der Waals surface area contributed by atoms with Gasteiger partial charge in [-0.05, 0) is 28.1 Å². The molecule has 0 radical (unpaired) electrons. The average molecular weight is 221 g/mol. The van der Waals surface area contributed by atoms with Gasteiger partial charge in [0.15, 0.2) is 10.7 Å². The molecule has 0 aliphatic carbocycles. The number of halogens is 1. The normalized spacial score (nSPS) is 10.2. The quantitative estimate of drug-likeness (QED) is 0.727. The van der Waals surface area contributed by atoms with Gasteiger partial charge in [-0.3, -0.25) is 0 Å². The lowest BCUT2D eigenvalue weighted by molar-refractivity contribution is 0.614. The summed E-state index contributed by atoms with van der Waals surface area (Å²) in [6, 6.07) is 6.70. The molecule has 0 amide bonds. The Morgan fingerprint density at radius 1 is 1.20 bits per heavy atom. The molecule has 10 heavy (non-hydrogen) atoms. The Balaban J connectivity index is 3.28. The second-order valence-electron chi connectivity index (χ2n) is 1.71. The SMILES string of the molecule is O=[SH](=O)c1ccccc1Br. The Bertz CT molecular complexity index is 298. The predicted molar refractivity (Wildman–Crippen MR) is 42.7 cm³/mol. The van der Waals surface area contributed by atoms with E-state index in [4.69, 9.17) is 0 Å². The van der Waals surface area contributed by atoms with Gasteiger partial charge in [-0.2, -0.15) is 0 Å². The number of thiol groups is 1. The Morgan fingerprint density at radius 3 is 2.20 bits per heavy atom. The van der Waals surface area contributed by atoms with E-state index in [2.05, 4.69) is 15.9 Å². The minimum atomic E-state index is -2.46. The fraction of sp³-hybridized carbons (Fsp3) is 0. The zero-order chi connectivity index (χ0) is 7.56. The zero-order valence-electron chi connectivity index (χ0n) is 4.95. The van der Waals surface area contributed by atoms with Crippen molar-refractivity contribution in [2.75, 3.05) is 0 Å². The van der Waals surface area contributed by atoms with Gasteiger partial charge >= 0.3 is 0 Å². The highest BCUT2D eigenvalue weighted by molar-refractivity contribution is 9.10. The van der Waals surface area contributed by atoms with Crippen LogP contribution >= 0.6 is 15.9 Å². The molecule has 0 spiro atoms. The van der Waals surface area contributed by atoms with Gasteiger partial charge in [-0.1, -0.05) is 12.1 Å². The van der Waals surface area contributed by atoms with Gasteiger partial charge in [0.2, 0.25) is 0 Å². The fourth-order valence-corrected chi connectivity index (χ4v) is 1.78. The van der Waals surface area contributed by atoms with Crippen LogP contribution in [0.2, 0.25) is 0 Å². The van der Waals surface area contributed by atoms with Crippen molar-refractivity contribution < 1.29 is 8.42 Å². The lowest BCUT2D eigenvalue weighted by atomic mass is 10.4. The van der Waals surface area contributed by atoms with Crippen molar-refractivity contribution in [2.45, 2.75) is 4.90 Å². The van der Waals surface area contributed by atoms with Crippen LogP contribution in [0.15, 0.2) is 33.6 Å².